The molecule has 1 aromatic heterocycles. The van der Waals surface area contributed by atoms with E-state index in [2.05, 4.69) is 6.58 Å². The third kappa shape index (κ3) is 4.02. The van der Waals surface area contributed by atoms with Gasteiger partial charge < -0.3 is 14.7 Å². The second-order valence-electron chi connectivity index (χ2n) is 4.00. The molecule has 0 bridgehead atoms. The summed E-state index contributed by atoms with van der Waals surface area (Å²) in [6.07, 6.45) is 0.965. The van der Waals surface area contributed by atoms with Gasteiger partial charge in [-0.3, -0.25) is 10.1 Å². The number of rotatable bonds is 8. The molecule has 0 fully saturated rings. The van der Waals surface area contributed by atoms with E-state index < -0.39 is 11.0 Å². The van der Waals surface area contributed by atoms with Crippen LogP contribution in [0.15, 0.2) is 18.7 Å². The first-order valence-electron chi connectivity index (χ1n) is 5.82. The standard InChI is InChI=1S/C12H18N2O4S/c1-4-5-13(6-7-18-3)12-10(14(16)17)8-11(19-12)9(2)15/h4,8-9,15H,1,5-7H2,2-3H3/t9-/m0/s1. The molecule has 0 unspecified atom stereocenters. The molecular formula is C12H18N2O4S. The Labute approximate surface area is 116 Å². The number of aliphatic hydroxyl groups is 1. The molecule has 6 nitrogen and oxygen atoms in total. The largest absolute Gasteiger partial charge is 0.388 e. The second-order valence-corrected chi connectivity index (χ2v) is 5.06. The van der Waals surface area contributed by atoms with Crippen LogP contribution in [-0.4, -0.2) is 36.8 Å². The predicted molar refractivity (Wildman–Crippen MR) is 75.9 cm³/mol. The maximum Gasteiger partial charge on any atom is 0.304 e. The van der Waals surface area contributed by atoms with Crippen molar-refractivity contribution in [3.8, 4) is 0 Å². The molecule has 1 heterocycles. The van der Waals surface area contributed by atoms with Crippen LogP contribution >= 0.6 is 11.3 Å². The van der Waals surface area contributed by atoms with Crippen LogP contribution in [0.5, 0.6) is 0 Å². The van der Waals surface area contributed by atoms with E-state index in [9.17, 15) is 15.2 Å². The van der Waals surface area contributed by atoms with Crippen molar-refractivity contribution in [3.63, 3.8) is 0 Å². The maximum absolute atomic E-state index is 11.1. The van der Waals surface area contributed by atoms with Crippen molar-refractivity contribution in [2.75, 3.05) is 31.7 Å². The molecule has 0 saturated carbocycles. The first kappa shape index (κ1) is 15.6. The molecule has 0 amide bonds. The minimum Gasteiger partial charge on any atom is -0.388 e. The Morgan fingerprint density at radius 3 is 2.89 bits per heavy atom. The van der Waals surface area contributed by atoms with Crippen LogP contribution in [-0.2, 0) is 4.74 Å². The van der Waals surface area contributed by atoms with Gasteiger partial charge in [0.2, 0.25) is 0 Å². The van der Waals surface area contributed by atoms with E-state index >= 15 is 0 Å². The van der Waals surface area contributed by atoms with Crippen molar-refractivity contribution in [3.05, 3.63) is 33.7 Å². The van der Waals surface area contributed by atoms with Gasteiger partial charge in [-0.1, -0.05) is 6.08 Å². The van der Waals surface area contributed by atoms with Crippen molar-refractivity contribution in [1.82, 2.24) is 0 Å². The molecule has 1 atom stereocenters. The number of aliphatic hydroxyl groups excluding tert-OH is 1. The van der Waals surface area contributed by atoms with E-state index in [-0.39, 0.29) is 5.69 Å². The molecule has 1 N–H and O–H groups in total. The Balaban J connectivity index is 3.11. The van der Waals surface area contributed by atoms with E-state index in [4.69, 9.17) is 4.74 Å². The van der Waals surface area contributed by atoms with Gasteiger partial charge >= 0.3 is 5.69 Å². The Kier molecular flexibility index (Phi) is 5.94. The molecular weight excluding hydrogens is 268 g/mol. The van der Waals surface area contributed by atoms with Gasteiger partial charge in [-0.05, 0) is 6.92 Å². The molecule has 0 aliphatic carbocycles. The van der Waals surface area contributed by atoms with Crippen molar-refractivity contribution >= 4 is 22.0 Å². The van der Waals surface area contributed by atoms with Gasteiger partial charge in [-0.15, -0.1) is 17.9 Å². The summed E-state index contributed by atoms with van der Waals surface area (Å²) in [5.41, 5.74) is 0.0128. The first-order chi connectivity index (χ1) is 9.01. The van der Waals surface area contributed by atoms with Crippen LogP contribution < -0.4 is 4.90 Å². The fourth-order valence-corrected chi connectivity index (χ4v) is 2.68. The highest BCUT2D eigenvalue weighted by atomic mass is 32.1. The third-order valence-corrected chi connectivity index (χ3v) is 3.88. The lowest BCUT2D eigenvalue weighted by atomic mass is 10.3. The molecule has 1 rings (SSSR count). The van der Waals surface area contributed by atoms with Crippen molar-refractivity contribution in [2.24, 2.45) is 0 Å². The molecule has 0 saturated heterocycles. The molecule has 0 aliphatic heterocycles. The summed E-state index contributed by atoms with van der Waals surface area (Å²) in [5, 5.41) is 21.2. The third-order valence-electron chi connectivity index (χ3n) is 2.52. The molecule has 0 aromatic carbocycles. The highest BCUT2D eigenvalue weighted by Gasteiger charge is 2.24. The Morgan fingerprint density at radius 2 is 2.42 bits per heavy atom. The summed E-state index contributed by atoms with van der Waals surface area (Å²) in [6, 6.07) is 1.42. The van der Waals surface area contributed by atoms with E-state index in [0.29, 0.717) is 29.6 Å². The number of ether oxygens (including phenoxy) is 1. The summed E-state index contributed by atoms with van der Waals surface area (Å²) >= 11 is 1.23. The Bertz CT molecular complexity index is 445. The van der Waals surface area contributed by atoms with Crippen molar-refractivity contribution in [2.45, 2.75) is 13.0 Å². The zero-order valence-electron chi connectivity index (χ0n) is 11.0. The Morgan fingerprint density at radius 1 is 1.74 bits per heavy atom. The maximum atomic E-state index is 11.1. The molecule has 0 radical (unpaired) electrons. The van der Waals surface area contributed by atoms with E-state index in [1.54, 1.807) is 20.1 Å². The monoisotopic (exact) mass is 286 g/mol. The zero-order valence-corrected chi connectivity index (χ0v) is 11.9. The number of hydrogen-bond acceptors (Lipinski definition) is 6. The van der Waals surface area contributed by atoms with E-state index in [0.717, 1.165) is 0 Å². The summed E-state index contributed by atoms with van der Waals surface area (Å²) in [4.78, 5) is 13.1. The van der Waals surface area contributed by atoms with Gasteiger partial charge in [0.25, 0.3) is 0 Å². The smallest absolute Gasteiger partial charge is 0.304 e. The average molecular weight is 286 g/mol. The molecule has 1 aromatic rings. The fourth-order valence-electron chi connectivity index (χ4n) is 1.59. The summed E-state index contributed by atoms with van der Waals surface area (Å²) in [5.74, 6) is 0. The van der Waals surface area contributed by atoms with Gasteiger partial charge in [0, 0.05) is 31.1 Å². The van der Waals surface area contributed by atoms with Crippen molar-refractivity contribution < 1.29 is 14.8 Å². The molecule has 0 aliphatic rings. The van der Waals surface area contributed by atoms with Crippen LogP contribution in [0.25, 0.3) is 0 Å². The van der Waals surface area contributed by atoms with Crippen LogP contribution in [0.1, 0.15) is 17.9 Å². The van der Waals surface area contributed by atoms with E-state index in [1.165, 1.54) is 17.4 Å². The number of hydrogen-bond donors (Lipinski definition) is 1. The van der Waals surface area contributed by atoms with Gasteiger partial charge in [-0.2, -0.15) is 0 Å². The molecule has 19 heavy (non-hydrogen) atoms. The lowest BCUT2D eigenvalue weighted by Gasteiger charge is -2.20. The number of thiophene rings is 1. The lowest BCUT2D eigenvalue weighted by molar-refractivity contribution is -0.383. The van der Waals surface area contributed by atoms with Crippen LogP contribution in [0, 0.1) is 10.1 Å². The quantitative estimate of drug-likeness (QED) is 0.451. The summed E-state index contributed by atoms with van der Waals surface area (Å²) < 4.78 is 5.00. The first-order valence-corrected chi connectivity index (χ1v) is 6.63. The number of nitrogens with zero attached hydrogens (tertiary/aromatic N) is 2. The molecule has 0 spiro atoms. The van der Waals surface area contributed by atoms with Crippen molar-refractivity contribution in [1.29, 1.82) is 0 Å². The number of methoxy groups -OCH3 is 1. The number of nitro groups is 1. The van der Waals surface area contributed by atoms with Crippen LogP contribution in [0.3, 0.4) is 0 Å². The summed E-state index contributed by atoms with van der Waals surface area (Å²) in [7, 11) is 1.58. The summed E-state index contributed by atoms with van der Waals surface area (Å²) in [6.45, 7) is 6.73. The predicted octanol–water partition coefficient (Wildman–Crippen LogP) is 2.35. The molecule has 7 heteroatoms. The SMILES string of the molecule is C=CCN(CCOC)c1sc([C@H](C)O)cc1[N+](=O)[O-]. The van der Waals surface area contributed by atoms with Crippen LogP contribution in [0.2, 0.25) is 0 Å². The van der Waals surface area contributed by atoms with Gasteiger partial charge in [0.1, 0.15) is 0 Å². The van der Waals surface area contributed by atoms with Gasteiger partial charge in [0.15, 0.2) is 5.00 Å². The topological polar surface area (TPSA) is 75.8 Å². The van der Waals surface area contributed by atoms with Gasteiger partial charge in [-0.25, -0.2) is 0 Å². The van der Waals surface area contributed by atoms with E-state index in [1.807, 2.05) is 4.90 Å². The molecule has 106 valence electrons. The number of anilines is 1. The zero-order chi connectivity index (χ0) is 14.4. The normalized spacial score (nSPS) is 12.2. The fraction of sp³-hybridized carbons (Fsp3) is 0.500. The average Bonchev–Trinajstić information content (AvgIpc) is 2.79. The minimum absolute atomic E-state index is 0.0128. The lowest BCUT2D eigenvalue weighted by Crippen LogP contribution is -2.27. The van der Waals surface area contributed by atoms with Gasteiger partial charge in [0.05, 0.1) is 17.6 Å². The highest BCUT2D eigenvalue weighted by molar-refractivity contribution is 7.16. The minimum atomic E-state index is -0.717. The van der Waals surface area contributed by atoms with Crippen LogP contribution in [0.4, 0.5) is 10.7 Å². The Hall–Kier alpha value is -1.44. The highest BCUT2D eigenvalue weighted by Crippen LogP contribution is 2.39. The second kappa shape index (κ2) is 7.22.